The van der Waals surface area contributed by atoms with Gasteiger partial charge in [0.15, 0.2) is 5.11 Å². The van der Waals surface area contributed by atoms with E-state index < -0.39 is 11.7 Å². The first-order chi connectivity index (χ1) is 13.9. The van der Waals surface area contributed by atoms with Gasteiger partial charge in [0.1, 0.15) is 11.6 Å². The van der Waals surface area contributed by atoms with E-state index in [9.17, 15) is 9.18 Å². The van der Waals surface area contributed by atoms with E-state index in [1.807, 2.05) is 0 Å². The summed E-state index contributed by atoms with van der Waals surface area (Å²) in [7, 11) is 1.55. The summed E-state index contributed by atoms with van der Waals surface area (Å²) in [5.74, 6) is -0.276. The van der Waals surface area contributed by atoms with Crippen molar-refractivity contribution in [2.24, 2.45) is 0 Å². The van der Waals surface area contributed by atoms with Gasteiger partial charge in [-0.3, -0.25) is 4.79 Å². The van der Waals surface area contributed by atoms with Crippen molar-refractivity contribution in [2.75, 3.05) is 23.1 Å². The second-order valence-corrected chi connectivity index (χ2v) is 6.79. The molecule has 1 amide bonds. The molecule has 0 aliphatic heterocycles. The molecule has 0 saturated heterocycles. The summed E-state index contributed by atoms with van der Waals surface area (Å²) in [4.78, 5) is 12.2. The fourth-order valence-electron chi connectivity index (χ4n) is 2.51. The Labute approximate surface area is 177 Å². The van der Waals surface area contributed by atoms with E-state index in [0.717, 1.165) is 5.69 Å². The number of thiocarbonyl (C=S) groups is 1. The van der Waals surface area contributed by atoms with Gasteiger partial charge in [-0.2, -0.15) is 0 Å². The Morgan fingerprint density at radius 1 is 0.931 bits per heavy atom. The van der Waals surface area contributed by atoms with Crippen molar-refractivity contribution >= 4 is 51.9 Å². The van der Waals surface area contributed by atoms with Crippen LogP contribution in [0.15, 0.2) is 66.7 Å². The zero-order valence-corrected chi connectivity index (χ0v) is 16.9. The zero-order valence-electron chi connectivity index (χ0n) is 15.3. The molecule has 0 aliphatic carbocycles. The van der Waals surface area contributed by atoms with Gasteiger partial charge in [0.25, 0.3) is 5.91 Å². The first kappa shape index (κ1) is 20.6. The van der Waals surface area contributed by atoms with Crippen LogP contribution in [0.3, 0.4) is 0 Å². The van der Waals surface area contributed by atoms with Crippen molar-refractivity contribution in [1.82, 2.24) is 0 Å². The summed E-state index contributed by atoms with van der Waals surface area (Å²) < 4.78 is 18.4. The van der Waals surface area contributed by atoms with Crippen molar-refractivity contribution in [3.8, 4) is 5.75 Å². The molecular formula is C21H17ClFN3O2S. The van der Waals surface area contributed by atoms with E-state index in [1.165, 1.54) is 18.2 Å². The number of hydrogen-bond acceptors (Lipinski definition) is 3. The predicted octanol–water partition coefficient (Wildman–Crippen LogP) is 5.55. The van der Waals surface area contributed by atoms with Crippen LogP contribution in [0, 0.1) is 5.82 Å². The Morgan fingerprint density at radius 2 is 1.55 bits per heavy atom. The predicted molar refractivity (Wildman–Crippen MR) is 119 cm³/mol. The highest BCUT2D eigenvalue weighted by atomic mass is 35.5. The molecule has 0 aromatic heterocycles. The lowest BCUT2D eigenvalue weighted by molar-refractivity contribution is 0.102. The van der Waals surface area contributed by atoms with Crippen molar-refractivity contribution < 1.29 is 13.9 Å². The summed E-state index contributed by atoms with van der Waals surface area (Å²) in [6.45, 7) is 0. The molecule has 3 rings (SSSR count). The molecular weight excluding hydrogens is 413 g/mol. The standard InChI is InChI=1S/C21H17ClFN3O2S/c1-28-19-10-9-17(12-18(19)22)26-21(29)25-16-7-5-15(6-8-16)24-20(27)13-3-2-4-14(23)11-13/h2-12H,1H3,(H,24,27)(H2,25,26,29). The Kier molecular flexibility index (Phi) is 6.64. The average Bonchev–Trinajstić information content (AvgIpc) is 2.69. The number of methoxy groups -OCH3 is 1. The van der Waals surface area contributed by atoms with Gasteiger partial charge in [-0.05, 0) is 72.9 Å². The normalized spacial score (nSPS) is 10.2. The second kappa shape index (κ2) is 9.36. The van der Waals surface area contributed by atoms with Gasteiger partial charge in [0.2, 0.25) is 0 Å². The number of ether oxygens (including phenoxy) is 1. The van der Waals surface area contributed by atoms with E-state index in [4.69, 9.17) is 28.6 Å². The Hall–Kier alpha value is -3.16. The van der Waals surface area contributed by atoms with Gasteiger partial charge in [-0.25, -0.2) is 4.39 Å². The molecule has 0 aliphatic rings. The number of carbonyl (C=O) groups is 1. The minimum atomic E-state index is -0.462. The number of rotatable bonds is 5. The number of nitrogens with one attached hydrogen (secondary N) is 3. The first-order valence-electron chi connectivity index (χ1n) is 8.53. The van der Waals surface area contributed by atoms with Crippen LogP contribution in [0.25, 0.3) is 0 Å². The van der Waals surface area contributed by atoms with E-state index in [2.05, 4.69) is 16.0 Å². The summed E-state index contributed by atoms with van der Waals surface area (Å²) in [6.07, 6.45) is 0. The molecule has 3 aromatic rings. The van der Waals surface area contributed by atoms with Gasteiger partial charge in [-0.1, -0.05) is 17.7 Å². The van der Waals surface area contributed by atoms with Crippen LogP contribution < -0.4 is 20.7 Å². The third-order valence-corrected chi connectivity index (χ3v) is 4.40. The van der Waals surface area contributed by atoms with Gasteiger partial charge in [0, 0.05) is 22.6 Å². The molecule has 0 saturated carbocycles. The molecule has 0 atom stereocenters. The van der Waals surface area contributed by atoms with Gasteiger partial charge >= 0.3 is 0 Å². The molecule has 0 spiro atoms. The minimum absolute atomic E-state index is 0.246. The Morgan fingerprint density at radius 3 is 2.17 bits per heavy atom. The van der Waals surface area contributed by atoms with Gasteiger partial charge in [-0.15, -0.1) is 0 Å². The van der Waals surface area contributed by atoms with E-state index in [1.54, 1.807) is 55.6 Å². The summed E-state index contributed by atoms with van der Waals surface area (Å²) >= 11 is 11.4. The minimum Gasteiger partial charge on any atom is -0.495 e. The summed E-state index contributed by atoms with van der Waals surface area (Å²) in [5.41, 5.74) is 2.26. The number of carbonyl (C=O) groups excluding carboxylic acids is 1. The van der Waals surface area contributed by atoms with Gasteiger partial charge < -0.3 is 20.7 Å². The largest absolute Gasteiger partial charge is 0.495 e. The third kappa shape index (κ3) is 5.66. The number of anilines is 3. The topological polar surface area (TPSA) is 62.4 Å². The van der Waals surface area contributed by atoms with E-state index in [-0.39, 0.29) is 5.56 Å². The van der Waals surface area contributed by atoms with Crippen molar-refractivity contribution in [3.63, 3.8) is 0 Å². The maximum atomic E-state index is 13.2. The molecule has 8 heteroatoms. The number of benzene rings is 3. The van der Waals surface area contributed by atoms with Crippen LogP contribution in [-0.2, 0) is 0 Å². The van der Waals surface area contributed by atoms with Crippen molar-refractivity contribution in [2.45, 2.75) is 0 Å². The monoisotopic (exact) mass is 429 g/mol. The molecule has 3 N–H and O–H groups in total. The van der Waals surface area contributed by atoms with Crippen LogP contribution in [0.4, 0.5) is 21.5 Å². The van der Waals surface area contributed by atoms with Crippen LogP contribution in [0.2, 0.25) is 5.02 Å². The number of hydrogen-bond donors (Lipinski definition) is 3. The number of amides is 1. The fraction of sp³-hybridized carbons (Fsp3) is 0.0476. The number of halogens is 2. The van der Waals surface area contributed by atoms with Crippen LogP contribution in [-0.4, -0.2) is 18.1 Å². The van der Waals surface area contributed by atoms with Crippen molar-refractivity contribution in [1.29, 1.82) is 0 Å². The molecule has 0 unspecified atom stereocenters. The van der Waals surface area contributed by atoms with E-state index in [0.29, 0.717) is 27.3 Å². The second-order valence-electron chi connectivity index (χ2n) is 5.97. The fourth-order valence-corrected chi connectivity index (χ4v) is 3.00. The molecule has 0 bridgehead atoms. The first-order valence-corrected chi connectivity index (χ1v) is 9.32. The van der Waals surface area contributed by atoms with Crippen LogP contribution >= 0.6 is 23.8 Å². The highest BCUT2D eigenvalue weighted by molar-refractivity contribution is 7.80. The zero-order chi connectivity index (χ0) is 20.8. The van der Waals surface area contributed by atoms with Crippen molar-refractivity contribution in [3.05, 3.63) is 83.1 Å². The lowest BCUT2D eigenvalue weighted by Crippen LogP contribution is -2.19. The summed E-state index contributed by atoms with van der Waals surface area (Å²) in [5, 5.41) is 9.64. The third-order valence-electron chi connectivity index (χ3n) is 3.90. The molecule has 0 radical (unpaired) electrons. The molecule has 148 valence electrons. The highest BCUT2D eigenvalue weighted by Crippen LogP contribution is 2.27. The maximum absolute atomic E-state index is 13.2. The van der Waals surface area contributed by atoms with Crippen LogP contribution in [0.1, 0.15) is 10.4 Å². The smallest absolute Gasteiger partial charge is 0.255 e. The average molecular weight is 430 g/mol. The van der Waals surface area contributed by atoms with Crippen LogP contribution in [0.5, 0.6) is 5.75 Å². The summed E-state index contributed by atoms with van der Waals surface area (Å²) in [6, 6.07) is 17.7. The quantitative estimate of drug-likeness (QED) is 0.464. The molecule has 3 aromatic carbocycles. The Bertz CT molecular complexity index is 1040. The Balaban J connectivity index is 1.58. The molecule has 0 fully saturated rings. The molecule has 29 heavy (non-hydrogen) atoms. The molecule has 5 nitrogen and oxygen atoms in total. The molecule has 0 heterocycles. The van der Waals surface area contributed by atoms with Gasteiger partial charge in [0.05, 0.1) is 12.1 Å². The maximum Gasteiger partial charge on any atom is 0.255 e. The lowest BCUT2D eigenvalue weighted by Gasteiger charge is -2.12. The SMILES string of the molecule is COc1ccc(NC(=S)Nc2ccc(NC(=O)c3cccc(F)c3)cc2)cc1Cl. The lowest BCUT2D eigenvalue weighted by atomic mass is 10.2. The highest BCUT2D eigenvalue weighted by Gasteiger charge is 2.08. The van der Waals surface area contributed by atoms with E-state index >= 15 is 0 Å².